The van der Waals surface area contributed by atoms with Gasteiger partial charge >= 0.3 is 0 Å². The summed E-state index contributed by atoms with van der Waals surface area (Å²) in [6, 6.07) is 0. The van der Waals surface area contributed by atoms with Crippen LogP contribution in [0.5, 0.6) is 0 Å². The molecule has 0 aromatic carbocycles. The Bertz CT molecular complexity index is 220. The largest absolute Gasteiger partial charge is 0.383 e. The normalized spacial score (nSPS) is 40.5. The number of allylic oxidation sites excluding steroid dienone is 1. The highest BCUT2D eigenvalue weighted by atomic mass is 16.5. The van der Waals surface area contributed by atoms with E-state index in [0.29, 0.717) is 18.3 Å². The average molecular weight is 152 g/mol. The summed E-state index contributed by atoms with van der Waals surface area (Å²) >= 11 is 0. The van der Waals surface area contributed by atoms with Crippen LogP contribution in [-0.2, 0) is 9.53 Å². The minimum Gasteiger partial charge on any atom is -0.383 e. The van der Waals surface area contributed by atoms with Gasteiger partial charge in [-0.15, -0.1) is 0 Å². The van der Waals surface area contributed by atoms with E-state index in [9.17, 15) is 4.79 Å². The van der Waals surface area contributed by atoms with Gasteiger partial charge in [-0.05, 0) is 12.3 Å². The second-order valence-corrected chi connectivity index (χ2v) is 3.54. The average Bonchev–Trinajstić information content (AvgIpc) is 2.45. The maximum absolute atomic E-state index is 11.4. The minimum absolute atomic E-state index is 0.223. The SMILES string of the molecule is COCC12C=CC(CC1=O)C2. The number of ketones is 1. The number of Topliss-reactive ketones (excluding diaryl/α,β-unsaturated/α-hetero) is 1. The molecule has 0 spiro atoms. The Labute approximate surface area is 66.2 Å². The minimum atomic E-state index is -0.223. The predicted molar refractivity (Wildman–Crippen MR) is 41.2 cm³/mol. The van der Waals surface area contributed by atoms with Crippen molar-refractivity contribution in [2.24, 2.45) is 11.3 Å². The zero-order valence-corrected chi connectivity index (χ0v) is 6.67. The summed E-state index contributed by atoms with van der Waals surface area (Å²) in [7, 11) is 1.65. The summed E-state index contributed by atoms with van der Waals surface area (Å²) < 4.78 is 5.04. The molecule has 0 aromatic heterocycles. The van der Waals surface area contributed by atoms with Crippen molar-refractivity contribution in [2.75, 3.05) is 13.7 Å². The van der Waals surface area contributed by atoms with Gasteiger partial charge in [0.25, 0.3) is 0 Å². The third kappa shape index (κ3) is 0.857. The summed E-state index contributed by atoms with van der Waals surface area (Å²) in [5.41, 5.74) is -0.223. The van der Waals surface area contributed by atoms with Gasteiger partial charge < -0.3 is 4.74 Å². The van der Waals surface area contributed by atoms with Crippen LogP contribution in [0.2, 0.25) is 0 Å². The molecular weight excluding hydrogens is 140 g/mol. The Kier molecular flexibility index (Phi) is 1.39. The van der Waals surface area contributed by atoms with Gasteiger partial charge in [-0.1, -0.05) is 12.2 Å². The van der Waals surface area contributed by atoms with Gasteiger partial charge in [0, 0.05) is 13.5 Å². The van der Waals surface area contributed by atoms with E-state index in [4.69, 9.17) is 4.74 Å². The highest BCUT2D eigenvalue weighted by molar-refractivity contribution is 5.91. The molecule has 1 fully saturated rings. The molecule has 0 radical (unpaired) electrons. The van der Waals surface area contributed by atoms with Crippen LogP contribution in [-0.4, -0.2) is 19.5 Å². The molecule has 2 heteroatoms. The van der Waals surface area contributed by atoms with Crippen LogP contribution in [0.1, 0.15) is 12.8 Å². The van der Waals surface area contributed by atoms with Gasteiger partial charge in [-0.25, -0.2) is 0 Å². The van der Waals surface area contributed by atoms with E-state index in [2.05, 4.69) is 6.08 Å². The van der Waals surface area contributed by atoms with E-state index in [0.717, 1.165) is 12.8 Å². The lowest BCUT2D eigenvalue weighted by atomic mass is 9.88. The first kappa shape index (κ1) is 7.04. The summed E-state index contributed by atoms with van der Waals surface area (Å²) in [5, 5.41) is 0. The van der Waals surface area contributed by atoms with Crippen LogP contribution < -0.4 is 0 Å². The lowest BCUT2D eigenvalue weighted by Crippen LogP contribution is -2.27. The van der Waals surface area contributed by atoms with Crippen molar-refractivity contribution < 1.29 is 9.53 Å². The summed E-state index contributed by atoms with van der Waals surface area (Å²) in [6.07, 6.45) is 5.91. The second kappa shape index (κ2) is 2.18. The molecule has 60 valence electrons. The number of hydrogen-bond donors (Lipinski definition) is 0. The van der Waals surface area contributed by atoms with Crippen molar-refractivity contribution in [1.29, 1.82) is 0 Å². The second-order valence-electron chi connectivity index (χ2n) is 3.54. The number of ether oxygens (including phenoxy) is 1. The molecule has 2 rings (SSSR count). The van der Waals surface area contributed by atoms with E-state index in [1.807, 2.05) is 6.08 Å². The first-order valence-corrected chi connectivity index (χ1v) is 3.98. The zero-order chi connectivity index (χ0) is 7.90. The van der Waals surface area contributed by atoms with Crippen molar-refractivity contribution in [3.8, 4) is 0 Å². The lowest BCUT2D eigenvalue weighted by molar-refractivity contribution is -0.125. The molecule has 2 aliphatic rings. The van der Waals surface area contributed by atoms with Crippen LogP contribution in [0.4, 0.5) is 0 Å². The van der Waals surface area contributed by atoms with Crippen LogP contribution in [0.3, 0.4) is 0 Å². The fourth-order valence-corrected chi connectivity index (χ4v) is 2.16. The van der Waals surface area contributed by atoms with Crippen LogP contribution in [0.25, 0.3) is 0 Å². The first-order chi connectivity index (χ1) is 5.27. The lowest BCUT2D eigenvalue weighted by Gasteiger charge is -2.19. The van der Waals surface area contributed by atoms with Crippen LogP contribution in [0, 0.1) is 11.3 Å². The van der Waals surface area contributed by atoms with Gasteiger partial charge in [-0.2, -0.15) is 0 Å². The number of fused-ring (bicyclic) bond motifs is 2. The molecule has 2 nitrogen and oxygen atoms in total. The van der Waals surface area contributed by atoms with Gasteiger partial charge in [0.1, 0.15) is 5.78 Å². The fourth-order valence-electron chi connectivity index (χ4n) is 2.16. The van der Waals surface area contributed by atoms with Gasteiger partial charge in [0.05, 0.1) is 12.0 Å². The molecule has 0 heterocycles. The highest BCUT2D eigenvalue weighted by Gasteiger charge is 2.47. The molecular formula is C9H12O2. The first-order valence-electron chi connectivity index (χ1n) is 3.98. The molecule has 0 aromatic rings. The van der Waals surface area contributed by atoms with Gasteiger partial charge in [-0.3, -0.25) is 4.79 Å². The third-order valence-corrected chi connectivity index (χ3v) is 2.72. The number of rotatable bonds is 2. The van der Waals surface area contributed by atoms with E-state index in [-0.39, 0.29) is 5.41 Å². The summed E-state index contributed by atoms with van der Waals surface area (Å²) in [5.74, 6) is 0.879. The van der Waals surface area contributed by atoms with E-state index in [1.165, 1.54) is 0 Å². The van der Waals surface area contributed by atoms with Crippen molar-refractivity contribution >= 4 is 5.78 Å². The molecule has 2 bridgehead atoms. The summed E-state index contributed by atoms with van der Waals surface area (Å²) in [4.78, 5) is 11.4. The van der Waals surface area contributed by atoms with Crippen LogP contribution in [0.15, 0.2) is 12.2 Å². The maximum Gasteiger partial charge on any atom is 0.145 e. The number of carbonyl (C=O) groups is 1. The van der Waals surface area contributed by atoms with Crippen molar-refractivity contribution in [2.45, 2.75) is 12.8 Å². The van der Waals surface area contributed by atoms with E-state index in [1.54, 1.807) is 7.11 Å². The predicted octanol–water partition coefficient (Wildman–Crippen LogP) is 1.17. The van der Waals surface area contributed by atoms with Crippen LogP contribution >= 0.6 is 0 Å². The van der Waals surface area contributed by atoms with E-state index >= 15 is 0 Å². The van der Waals surface area contributed by atoms with Crippen molar-refractivity contribution in [3.05, 3.63) is 12.2 Å². The molecule has 0 N–H and O–H groups in total. The molecule has 2 aliphatic carbocycles. The Morgan fingerprint density at radius 3 is 3.09 bits per heavy atom. The highest BCUT2D eigenvalue weighted by Crippen LogP contribution is 2.46. The monoisotopic (exact) mass is 152 g/mol. The Morgan fingerprint density at radius 2 is 2.64 bits per heavy atom. The summed E-state index contributed by atoms with van der Waals surface area (Å²) in [6.45, 7) is 0.568. The molecule has 0 amide bonds. The van der Waals surface area contributed by atoms with Crippen molar-refractivity contribution in [3.63, 3.8) is 0 Å². The quantitative estimate of drug-likeness (QED) is 0.555. The molecule has 2 atom stereocenters. The maximum atomic E-state index is 11.4. The van der Waals surface area contributed by atoms with Crippen molar-refractivity contribution in [1.82, 2.24) is 0 Å². The van der Waals surface area contributed by atoms with Gasteiger partial charge in [0.15, 0.2) is 0 Å². The standard InChI is InChI=1S/C9H12O2/c1-11-6-9-3-2-7(5-9)4-8(9)10/h2-3,7H,4-6H2,1H3. The Morgan fingerprint density at radius 1 is 1.82 bits per heavy atom. The smallest absolute Gasteiger partial charge is 0.145 e. The topological polar surface area (TPSA) is 26.3 Å². The molecule has 1 saturated carbocycles. The number of methoxy groups -OCH3 is 1. The zero-order valence-electron chi connectivity index (χ0n) is 6.67. The van der Waals surface area contributed by atoms with E-state index < -0.39 is 0 Å². The molecule has 2 unspecified atom stereocenters. The number of hydrogen-bond acceptors (Lipinski definition) is 2. The molecule has 0 saturated heterocycles. The Balaban J connectivity index is 2.23. The third-order valence-electron chi connectivity index (χ3n) is 2.72. The number of carbonyl (C=O) groups excluding carboxylic acids is 1. The Hall–Kier alpha value is -0.630. The molecule has 11 heavy (non-hydrogen) atoms. The molecule has 0 aliphatic heterocycles. The van der Waals surface area contributed by atoms with Gasteiger partial charge in [0.2, 0.25) is 0 Å². The fraction of sp³-hybridized carbons (Fsp3) is 0.667.